The van der Waals surface area contributed by atoms with Gasteiger partial charge in [-0.3, -0.25) is 24.6 Å². The van der Waals surface area contributed by atoms with Gasteiger partial charge in [0.25, 0.3) is 16.8 Å². The Morgan fingerprint density at radius 3 is 2.64 bits per heavy atom. The molecular weight excluding hydrogens is 448 g/mol. The molecule has 168 valence electrons. The van der Waals surface area contributed by atoms with Crippen molar-refractivity contribution >= 4 is 34.7 Å². The summed E-state index contributed by atoms with van der Waals surface area (Å²) in [5, 5.41) is 10.6. The summed E-state index contributed by atoms with van der Waals surface area (Å²) in [6, 6.07) is 16.4. The smallest absolute Gasteiger partial charge is 0.293 e. The van der Waals surface area contributed by atoms with Crippen molar-refractivity contribution in [3.63, 3.8) is 0 Å². The number of rotatable bonds is 8. The molecule has 33 heavy (non-hydrogen) atoms. The van der Waals surface area contributed by atoms with Crippen molar-refractivity contribution in [2.45, 2.75) is 0 Å². The summed E-state index contributed by atoms with van der Waals surface area (Å²) in [5.41, 5.74) is 0.479. The van der Waals surface area contributed by atoms with Gasteiger partial charge in [-0.15, -0.1) is 0 Å². The van der Waals surface area contributed by atoms with Crippen LogP contribution in [0.5, 0.6) is 11.5 Å². The zero-order chi connectivity index (χ0) is 23.4. The Kier molecular flexibility index (Phi) is 6.45. The van der Waals surface area contributed by atoms with Crippen LogP contribution in [0, 0.1) is 10.1 Å². The molecule has 2 heterocycles. The lowest BCUT2D eigenvalue weighted by atomic mass is 10.1. The minimum atomic E-state index is -0.485. The van der Waals surface area contributed by atoms with Crippen LogP contribution in [0.4, 0.5) is 10.5 Å². The Balaban J connectivity index is 1.43. The number of carbonyl (C=O) groups excluding carboxylic acids is 2. The zero-order valence-electron chi connectivity index (χ0n) is 17.4. The van der Waals surface area contributed by atoms with E-state index < -0.39 is 16.1 Å². The predicted octanol–water partition coefficient (Wildman–Crippen LogP) is 4.98. The first-order chi connectivity index (χ1) is 16.0. The highest BCUT2D eigenvalue weighted by Gasteiger charge is 2.35. The second-order valence-corrected chi connectivity index (χ2v) is 7.84. The quantitative estimate of drug-likeness (QED) is 0.260. The van der Waals surface area contributed by atoms with Crippen LogP contribution in [-0.4, -0.2) is 41.2 Å². The maximum atomic E-state index is 12.7. The molecular formula is C23H18N2O7S. The van der Waals surface area contributed by atoms with E-state index in [-0.39, 0.29) is 23.7 Å². The Bertz CT molecular complexity index is 1250. The molecule has 1 aliphatic heterocycles. The number of non-ortho nitro benzene ring substituents is 1. The van der Waals surface area contributed by atoms with Crippen LogP contribution in [0.2, 0.25) is 0 Å². The minimum absolute atomic E-state index is 0.0538. The summed E-state index contributed by atoms with van der Waals surface area (Å²) in [6.45, 7) is 0.195. The van der Waals surface area contributed by atoms with E-state index in [1.54, 1.807) is 42.5 Å². The summed E-state index contributed by atoms with van der Waals surface area (Å²) < 4.78 is 16.6. The van der Waals surface area contributed by atoms with Crippen LogP contribution >= 0.6 is 11.8 Å². The van der Waals surface area contributed by atoms with Gasteiger partial charge in [0.2, 0.25) is 0 Å². The normalized spacial score (nSPS) is 14.7. The number of para-hydroxylation sites is 2. The van der Waals surface area contributed by atoms with Gasteiger partial charge in [-0.1, -0.05) is 24.3 Å². The van der Waals surface area contributed by atoms with Crippen molar-refractivity contribution < 1.29 is 28.4 Å². The molecule has 4 rings (SSSR count). The number of amides is 2. The number of hydrogen-bond donors (Lipinski definition) is 0. The van der Waals surface area contributed by atoms with Crippen molar-refractivity contribution in [2.24, 2.45) is 0 Å². The molecule has 0 N–H and O–H groups in total. The summed E-state index contributed by atoms with van der Waals surface area (Å²) in [7, 11) is 1.53. The number of nitro groups is 1. The fourth-order valence-electron chi connectivity index (χ4n) is 3.17. The molecule has 1 aliphatic rings. The highest BCUT2D eigenvalue weighted by Crippen LogP contribution is 2.34. The maximum absolute atomic E-state index is 12.7. The van der Waals surface area contributed by atoms with Gasteiger partial charge in [0.05, 0.1) is 23.5 Å². The molecule has 0 aliphatic carbocycles. The molecule has 1 saturated heterocycles. The molecule has 10 heteroatoms. The number of ether oxygens (including phenoxy) is 2. The van der Waals surface area contributed by atoms with E-state index in [1.165, 1.54) is 25.3 Å². The van der Waals surface area contributed by atoms with E-state index in [1.807, 2.05) is 6.07 Å². The van der Waals surface area contributed by atoms with Crippen molar-refractivity contribution in [1.82, 2.24) is 4.90 Å². The topological polar surface area (TPSA) is 112 Å². The lowest BCUT2D eigenvalue weighted by Crippen LogP contribution is -2.32. The number of benzene rings is 2. The second-order valence-electron chi connectivity index (χ2n) is 6.84. The molecule has 0 unspecified atom stereocenters. The average Bonchev–Trinajstić information content (AvgIpc) is 3.39. The lowest BCUT2D eigenvalue weighted by Gasteiger charge is -2.14. The number of nitrogens with zero attached hydrogens (tertiary/aromatic N) is 2. The van der Waals surface area contributed by atoms with E-state index >= 15 is 0 Å². The Hall–Kier alpha value is -4.05. The fourth-order valence-corrected chi connectivity index (χ4v) is 4.01. The Morgan fingerprint density at radius 2 is 1.88 bits per heavy atom. The molecule has 0 bridgehead atoms. The highest BCUT2D eigenvalue weighted by molar-refractivity contribution is 8.18. The van der Waals surface area contributed by atoms with Crippen molar-refractivity contribution in [3.05, 3.63) is 81.4 Å². The summed E-state index contributed by atoms with van der Waals surface area (Å²) >= 11 is 0.811. The SMILES string of the molecule is COc1ccccc1OCCN1C(=O)S/C(=C\c2ccc(-c3cccc([N+](=O)[O-])c3)o2)C1=O. The molecule has 2 aromatic carbocycles. The number of carbonyl (C=O) groups is 2. The van der Waals surface area contributed by atoms with Gasteiger partial charge in [0.15, 0.2) is 11.5 Å². The standard InChI is InChI=1S/C23H18N2O7S/c1-30-19-7-2-3-8-20(19)31-12-11-24-22(26)21(33-23(24)27)14-17-9-10-18(32-17)15-5-4-6-16(13-15)25(28)29/h2-10,13-14H,11-12H2,1H3/b21-14-. The molecule has 1 fully saturated rings. The van der Waals surface area contributed by atoms with E-state index in [0.717, 1.165) is 16.7 Å². The van der Waals surface area contributed by atoms with Gasteiger partial charge in [-0.05, 0) is 36.0 Å². The lowest BCUT2D eigenvalue weighted by molar-refractivity contribution is -0.384. The predicted molar refractivity (Wildman–Crippen MR) is 122 cm³/mol. The first kappa shape index (κ1) is 22.2. The molecule has 9 nitrogen and oxygen atoms in total. The number of hydrogen-bond acceptors (Lipinski definition) is 8. The van der Waals surface area contributed by atoms with Gasteiger partial charge in [0, 0.05) is 23.8 Å². The van der Waals surface area contributed by atoms with Crippen LogP contribution in [0.3, 0.4) is 0 Å². The van der Waals surface area contributed by atoms with Crippen LogP contribution in [-0.2, 0) is 4.79 Å². The first-order valence-corrected chi connectivity index (χ1v) is 10.6. The number of furan rings is 1. The van der Waals surface area contributed by atoms with Crippen molar-refractivity contribution in [2.75, 3.05) is 20.3 Å². The van der Waals surface area contributed by atoms with Crippen molar-refractivity contribution in [1.29, 1.82) is 0 Å². The largest absolute Gasteiger partial charge is 0.493 e. The number of thioether (sulfide) groups is 1. The third-order valence-electron chi connectivity index (χ3n) is 4.76. The number of nitro benzene ring substituents is 1. The van der Waals surface area contributed by atoms with Crippen LogP contribution in [0.15, 0.2) is 70.0 Å². The summed E-state index contributed by atoms with van der Waals surface area (Å²) in [4.78, 5) is 36.9. The highest BCUT2D eigenvalue weighted by atomic mass is 32.2. The monoisotopic (exact) mass is 466 g/mol. The second kappa shape index (κ2) is 9.61. The summed E-state index contributed by atoms with van der Waals surface area (Å²) in [5.74, 6) is 1.40. The number of methoxy groups -OCH3 is 1. The Labute approximate surface area is 192 Å². The van der Waals surface area contributed by atoms with Crippen LogP contribution < -0.4 is 9.47 Å². The van der Waals surface area contributed by atoms with Gasteiger partial charge in [0.1, 0.15) is 18.1 Å². The van der Waals surface area contributed by atoms with E-state index in [9.17, 15) is 19.7 Å². The fraction of sp³-hybridized carbons (Fsp3) is 0.130. The molecule has 1 aromatic heterocycles. The molecule has 0 atom stereocenters. The van der Waals surface area contributed by atoms with Gasteiger partial charge in [-0.25, -0.2) is 0 Å². The molecule has 0 saturated carbocycles. The van der Waals surface area contributed by atoms with Gasteiger partial charge >= 0.3 is 0 Å². The van der Waals surface area contributed by atoms with E-state index in [4.69, 9.17) is 13.9 Å². The summed E-state index contributed by atoms with van der Waals surface area (Å²) in [6.07, 6.45) is 1.48. The van der Waals surface area contributed by atoms with Crippen LogP contribution in [0.25, 0.3) is 17.4 Å². The van der Waals surface area contributed by atoms with Crippen LogP contribution in [0.1, 0.15) is 5.76 Å². The molecule has 2 amide bonds. The number of imide groups is 1. The van der Waals surface area contributed by atoms with Gasteiger partial charge < -0.3 is 13.9 Å². The zero-order valence-corrected chi connectivity index (χ0v) is 18.2. The molecule has 0 radical (unpaired) electrons. The first-order valence-electron chi connectivity index (χ1n) is 9.82. The average molecular weight is 466 g/mol. The maximum Gasteiger partial charge on any atom is 0.293 e. The van der Waals surface area contributed by atoms with E-state index in [0.29, 0.717) is 28.6 Å². The molecule has 0 spiro atoms. The minimum Gasteiger partial charge on any atom is -0.493 e. The molecule has 3 aromatic rings. The van der Waals surface area contributed by atoms with Gasteiger partial charge in [-0.2, -0.15) is 0 Å². The Morgan fingerprint density at radius 1 is 1.09 bits per heavy atom. The van der Waals surface area contributed by atoms with E-state index in [2.05, 4.69) is 0 Å². The van der Waals surface area contributed by atoms with Crippen molar-refractivity contribution in [3.8, 4) is 22.8 Å². The third-order valence-corrected chi connectivity index (χ3v) is 5.66. The third kappa shape index (κ3) is 4.90.